The van der Waals surface area contributed by atoms with Crippen molar-refractivity contribution in [3.8, 4) is 5.75 Å². The minimum atomic E-state index is -0.911. The van der Waals surface area contributed by atoms with Crippen LogP contribution in [-0.4, -0.2) is 23.2 Å². The summed E-state index contributed by atoms with van der Waals surface area (Å²) in [6.45, 7) is 0. The van der Waals surface area contributed by atoms with Gasteiger partial charge in [0.1, 0.15) is 5.75 Å². The number of aryl methyl sites for hydroxylation is 1. The SMILES string of the molecule is COc1c2c(cc3[nH]c4cccc(C(=O)O)c4c13)CCCC2. The standard InChI is InChI=1S/C18H17NO3/c1-22-17-11-6-3-2-5-10(11)9-14-16(17)15-12(18(20)21)7-4-8-13(15)19-14/h4,7-9,19H,2-3,5-6H2,1H3,(H,20,21). The summed E-state index contributed by atoms with van der Waals surface area (Å²) >= 11 is 0. The fraction of sp³-hybridized carbons (Fsp3) is 0.278. The van der Waals surface area contributed by atoms with Gasteiger partial charge in [-0.25, -0.2) is 4.79 Å². The number of aromatic carboxylic acids is 1. The number of hydrogen-bond donors (Lipinski definition) is 2. The minimum absolute atomic E-state index is 0.317. The third-order valence-corrected chi connectivity index (χ3v) is 4.62. The fourth-order valence-electron chi connectivity index (χ4n) is 3.69. The van der Waals surface area contributed by atoms with Crippen LogP contribution in [0, 0.1) is 0 Å². The molecule has 4 rings (SSSR count). The van der Waals surface area contributed by atoms with Crippen LogP contribution in [0.25, 0.3) is 21.8 Å². The van der Waals surface area contributed by atoms with E-state index in [1.165, 1.54) is 17.5 Å². The Morgan fingerprint density at radius 3 is 2.77 bits per heavy atom. The molecule has 0 fully saturated rings. The van der Waals surface area contributed by atoms with Crippen molar-refractivity contribution < 1.29 is 14.6 Å². The summed E-state index contributed by atoms with van der Waals surface area (Å²) in [5, 5.41) is 11.2. The minimum Gasteiger partial charge on any atom is -0.496 e. The van der Waals surface area contributed by atoms with Crippen molar-refractivity contribution in [2.24, 2.45) is 0 Å². The van der Waals surface area contributed by atoms with Crippen LogP contribution in [0.4, 0.5) is 0 Å². The molecule has 0 bridgehead atoms. The molecule has 0 saturated heterocycles. The van der Waals surface area contributed by atoms with E-state index >= 15 is 0 Å². The van der Waals surface area contributed by atoms with E-state index in [0.29, 0.717) is 5.56 Å². The Morgan fingerprint density at radius 1 is 1.18 bits per heavy atom. The molecule has 22 heavy (non-hydrogen) atoms. The van der Waals surface area contributed by atoms with E-state index in [1.54, 1.807) is 19.2 Å². The molecular formula is C18H17NO3. The first-order valence-corrected chi connectivity index (χ1v) is 7.57. The van der Waals surface area contributed by atoms with Crippen molar-refractivity contribution in [3.05, 3.63) is 41.0 Å². The molecule has 0 atom stereocenters. The monoisotopic (exact) mass is 295 g/mol. The van der Waals surface area contributed by atoms with Crippen molar-refractivity contribution in [1.29, 1.82) is 0 Å². The molecule has 1 aromatic heterocycles. The van der Waals surface area contributed by atoms with Gasteiger partial charge in [0.05, 0.1) is 23.6 Å². The molecule has 4 heteroatoms. The van der Waals surface area contributed by atoms with Crippen molar-refractivity contribution in [2.75, 3.05) is 7.11 Å². The van der Waals surface area contributed by atoms with Crippen LogP contribution in [0.1, 0.15) is 34.3 Å². The lowest BCUT2D eigenvalue weighted by Crippen LogP contribution is -2.05. The second-order valence-corrected chi connectivity index (χ2v) is 5.84. The molecule has 2 N–H and O–H groups in total. The van der Waals surface area contributed by atoms with Crippen molar-refractivity contribution in [2.45, 2.75) is 25.7 Å². The van der Waals surface area contributed by atoms with Gasteiger partial charge in [-0.1, -0.05) is 6.07 Å². The molecular weight excluding hydrogens is 278 g/mol. The molecule has 1 heterocycles. The van der Waals surface area contributed by atoms with Gasteiger partial charge in [-0.05, 0) is 55.0 Å². The maximum absolute atomic E-state index is 11.6. The zero-order valence-corrected chi connectivity index (χ0v) is 12.4. The van der Waals surface area contributed by atoms with Crippen LogP contribution in [0.5, 0.6) is 5.75 Å². The topological polar surface area (TPSA) is 62.3 Å². The molecule has 3 aromatic rings. The van der Waals surface area contributed by atoms with Crippen LogP contribution < -0.4 is 4.74 Å². The number of aromatic amines is 1. The Kier molecular flexibility index (Phi) is 2.86. The van der Waals surface area contributed by atoms with E-state index < -0.39 is 5.97 Å². The number of carboxylic acids is 1. The lowest BCUT2D eigenvalue weighted by Gasteiger charge is -2.19. The first kappa shape index (κ1) is 13.2. The number of carboxylic acid groups (broad SMARTS) is 1. The van der Waals surface area contributed by atoms with E-state index in [2.05, 4.69) is 11.1 Å². The highest BCUT2D eigenvalue weighted by atomic mass is 16.5. The number of carbonyl (C=O) groups is 1. The Morgan fingerprint density at radius 2 is 2.00 bits per heavy atom. The van der Waals surface area contributed by atoms with Gasteiger partial charge in [0.15, 0.2) is 0 Å². The number of rotatable bonds is 2. The second kappa shape index (κ2) is 4.77. The average molecular weight is 295 g/mol. The maximum Gasteiger partial charge on any atom is 0.336 e. The molecule has 0 amide bonds. The molecule has 0 saturated carbocycles. The van der Waals surface area contributed by atoms with E-state index in [-0.39, 0.29) is 0 Å². The number of fused-ring (bicyclic) bond motifs is 4. The second-order valence-electron chi connectivity index (χ2n) is 5.84. The molecule has 1 aliphatic rings. The van der Waals surface area contributed by atoms with Gasteiger partial charge >= 0.3 is 5.97 Å². The molecule has 0 radical (unpaired) electrons. The van der Waals surface area contributed by atoms with Crippen molar-refractivity contribution in [3.63, 3.8) is 0 Å². The third-order valence-electron chi connectivity index (χ3n) is 4.62. The first-order valence-electron chi connectivity index (χ1n) is 7.57. The summed E-state index contributed by atoms with van der Waals surface area (Å²) in [5.74, 6) is -0.0709. The number of hydrogen-bond acceptors (Lipinski definition) is 2. The maximum atomic E-state index is 11.6. The number of methoxy groups -OCH3 is 1. The van der Waals surface area contributed by atoms with Gasteiger partial charge < -0.3 is 14.8 Å². The van der Waals surface area contributed by atoms with Crippen molar-refractivity contribution in [1.82, 2.24) is 4.98 Å². The fourth-order valence-corrected chi connectivity index (χ4v) is 3.69. The summed E-state index contributed by atoms with van der Waals surface area (Å²) in [7, 11) is 1.67. The Labute approximate surface area is 127 Å². The van der Waals surface area contributed by atoms with E-state index in [9.17, 15) is 9.90 Å². The van der Waals surface area contributed by atoms with E-state index in [0.717, 1.165) is 46.8 Å². The molecule has 4 nitrogen and oxygen atoms in total. The summed E-state index contributed by atoms with van der Waals surface area (Å²) in [6.07, 6.45) is 4.41. The lowest BCUT2D eigenvalue weighted by atomic mass is 9.89. The van der Waals surface area contributed by atoms with Crippen LogP contribution in [0.2, 0.25) is 0 Å². The largest absolute Gasteiger partial charge is 0.496 e. The molecule has 112 valence electrons. The lowest BCUT2D eigenvalue weighted by molar-refractivity contribution is 0.0699. The quantitative estimate of drug-likeness (QED) is 0.753. The Balaban J connectivity index is 2.20. The smallest absolute Gasteiger partial charge is 0.336 e. The van der Waals surface area contributed by atoms with Gasteiger partial charge in [-0.3, -0.25) is 0 Å². The highest BCUT2D eigenvalue weighted by Crippen LogP contribution is 2.41. The normalized spacial score (nSPS) is 14.2. The predicted octanol–water partition coefficient (Wildman–Crippen LogP) is 3.91. The molecule has 1 aliphatic carbocycles. The highest BCUT2D eigenvalue weighted by molar-refractivity contribution is 6.18. The van der Waals surface area contributed by atoms with Gasteiger partial charge in [0.2, 0.25) is 0 Å². The third kappa shape index (κ3) is 1.73. The average Bonchev–Trinajstić information content (AvgIpc) is 2.90. The van der Waals surface area contributed by atoms with Gasteiger partial charge in [-0.2, -0.15) is 0 Å². The van der Waals surface area contributed by atoms with Gasteiger partial charge in [-0.15, -0.1) is 0 Å². The van der Waals surface area contributed by atoms with Crippen molar-refractivity contribution >= 4 is 27.8 Å². The molecule has 2 aromatic carbocycles. The van der Waals surface area contributed by atoms with Crippen LogP contribution >= 0.6 is 0 Å². The molecule has 0 unspecified atom stereocenters. The number of H-pyrrole nitrogens is 1. The Bertz CT molecular complexity index is 908. The summed E-state index contributed by atoms with van der Waals surface area (Å²) in [5.41, 5.74) is 4.68. The summed E-state index contributed by atoms with van der Waals surface area (Å²) < 4.78 is 5.71. The first-order chi connectivity index (χ1) is 10.7. The van der Waals surface area contributed by atoms with Gasteiger partial charge in [0, 0.05) is 10.9 Å². The Hall–Kier alpha value is -2.49. The number of ether oxygens (including phenoxy) is 1. The zero-order valence-electron chi connectivity index (χ0n) is 12.4. The molecule has 0 spiro atoms. The van der Waals surface area contributed by atoms with Crippen LogP contribution in [-0.2, 0) is 12.8 Å². The zero-order chi connectivity index (χ0) is 15.3. The number of benzene rings is 2. The van der Waals surface area contributed by atoms with Gasteiger partial charge in [0.25, 0.3) is 0 Å². The summed E-state index contributed by atoms with van der Waals surface area (Å²) in [4.78, 5) is 14.9. The summed E-state index contributed by atoms with van der Waals surface area (Å²) in [6, 6.07) is 7.50. The highest BCUT2D eigenvalue weighted by Gasteiger charge is 2.22. The number of nitrogens with one attached hydrogen (secondary N) is 1. The predicted molar refractivity (Wildman–Crippen MR) is 86.0 cm³/mol. The van der Waals surface area contributed by atoms with Crippen LogP contribution in [0.15, 0.2) is 24.3 Å². The van der Waals surface area contributed by atoms with E-state index in [1.807, 2.05) is 6.07 Å². The number of aromatic nitrogens is 1. The van der Waals surface area contributed by atoms with Crippen LogP contribution in [0.3, 0.4) is 0 Å². The molecule has 0 aliphatic heterocycles. The van der Waals surface area contributed by atoms with E-state index in [4.69, 9.17) is 4.74 Å².